The van der Waals surface area contributed by atoms with E-state index in [9.17, 15) is 9.59 Å². The summed E-state index contributed by atoms with van der Waals surface area (Å²) in [6, 6.07) is 14.8. The highest BCUT2D eigenvalue weighted by molar-refractivity contribution is 6.31. The Balaban J connectivity index is 1.30. The minimum absolute atomic E-state index is 0.00775. The second-order valence-electron chi connectivity index (χ2n) is 9.06. The Morgan fingerprint density at radius 2 is 1.94 bits per heavy atom. The number of ether oxygens (including phenoxy) is 1. The van der Waals surface area contributed by atoms with E-state index in [1.165, 1.54) is 0 Å². The van der Waals surface area contributed by atoms with Gasteiger partial charge >= 0.3 is 0 Å². The molecule has 2 aromatic carbocycles. The normalized spacial score (nSPS) is 17.1. The SMILES string of the molecule is O=C(C1Cc2cc(Cl)cc(-c3ccnc(Cn4cnc5ccccc5c4=O)c3)c2O1)N1CCNCC1. The highest BCUT2D eigenvalue weighted by Gasteiger charge is 2.34. The Morgan fingerprint density at radius 3 is 2.81 bits per heavy atom. The van der Waals surface area contributed by atoms with E-state index in [1.807, 2.05) is 47.4 Å². The first-order valence-electron chi connectivity index (χ1n) is 11.9. The number of hydrogen-bond donors (Lipinski definition) is 1. The minimum Gasteiger partial charge on any atom is -0.479 e. The average molecular weight is 502 g/mol. The van der Waals surface area contributed by atoms with Crippen molar-refractivity contribution in [3.8, 4) is 16.9 Å². The molecule has 0 saturated carbocycles. The van der Waals surface area contributed by atoms with Crippen LogP contribution in [0.2, 0.25) is 5.02 Å². The van der Waals surface area contributed by atoms with Crippen LogP contribution < -0.4 is 15.6 Å². The van der Waals surface area contributed by atoms with E-state index in [0.29, 0.717) is 46.9 Å². The second-order valence-corrected chi connectivity index (χ2v) is 9.49. The molecule has 4 heterocycles. The molecule has 1 amide bonds. The van der Waals surface area contributed by atoms with Gasteiger partial charge in [0.2, 0.25) is 0 Å². The van der Waals surface area contributed by atoms with Gasteiger partial charge in [-0.05, 0) is 42.0 Å². The fraction of sp³-hybridized carbons (Fsp3) is 0.259. The standard InChI is InChI=1S/C27H24ClN5O3/c28-19-11-18-13-24(27(35)32-9-7-29-8-10-32)36-25(18)22(14-19)17-5-6-30-20(12-17)15-33-16-31-23-4-2-1-3-21(23)26(33)34/h1-6,11-12,14,16,24,29H,7-10,13,15H2. The number of nitrogens with one attached hydrogen (secondary N) is 1. The Kier molecular flexibility index (Phi) is 5.91. The van der Waals surface area contributed by atoms with Crippen LogP contribution in [0, 0.1) is 0 Å². The van der Waals surface area contributed by atoms with Gasteiger partial charge in [-0.15, -0.1) is 0 Å². The molecule has 2 aliphatic heterocycles. The molecule has 0 bridgehead atoms. The van der Waals surface area contributed by atoms with E-state index < -0.39 is 6.10 Å². The van der Waals surface area contributed by atoms with Gasteiger partial charge in [0, 0.05) is 54.9 Å². The predicted molar refractivity (Wildman–Crippen MR) is 137 cm³/mol. The van der Waals surface area contributed by atoms with E-state index in [0.717, 1.165) is 29.8 Å². The van der Waals surface area contributed by atoms with Gasteiger partial charge in [-0.2, -0.15) is 0 Å². The van der Waals surface area contributed by atoms with E-state index in [2.05, 4.69) is 15.3 Å². The van der Waals surface area contributed by atoms with Crippen LogP contribution in [0.3, 0.4) is 0 Å². The second kappa shape index (κ2) is 9.37. The highest BCUT2D eigenvalue weighted by atomic mass is 35.5. The maximum atomic E-state index is 13.1. The molecule has 182 valence electrons. The molecule has 2 aromatic heterocycles. The Labute approximate surface area is 212 Å². The minimum atomic E-state index is -0.557. The van der Waals surface area contributed by atoms with Crippen LogP contribution in [-0.4, -0.2) is 57.6 Å². The molecule has 36 heavy (non-hydrogen) atoms. The van der Waals surface area contributed by atoms with Gasteiger partial charge < -0.3 is 15.0 Å². The largest absolute Gasteiger partial charge is 0.479 e. The molecule has 0 aliphatic carbocycles. The number of para-hydroxylation sites is 1. The van der Waals surface area contributed by atoms with Crippen molar-refractivity contribution in [2.45, 2.75) is 19.1 Å². The van der Waals surface area contributed by atoms with Crippen molar-refractivity contribution in [2.24, 2.45) is 0 Å². The summed E-state index contributed by atoms with van der Waals surface area (Å²) in [6.45, 7) is 3.22. The third-order valence-corrected chi connectivity index (χ3v) is 6.91. The number of hydrogen-bond acceptors (Lipinski definition) is 6. The monoisotopic (exact) mass is 501 g/mol. The molecule has 0 radical (unpaired) electrons. The summed E-state index contributed by atoms with van der Waals surface area (Å²) < 4.78 is 7.78. The fourth-order valence-corrected chi connectivity index (χ4v) is 5.13. The van der Waals surface area contributed by atoms with Crippen molar-refractivity contribution >= 4 is 28.4 Å². The van der Waals surface area contributed by atoms with E-state index in [4.69, 9.17) is 16.3 Å². The first-order chi connectivity index (χ1) is 17.6. The van der Waals surface area contributed by atoms with Crippen molar-refractivity contribution in [1.29, 1.82) is 0 Å². The number of benzene rings is 2. The smallest absolute Gasteiger partial charge is 0.264 e. The van der Waals surface area contributed by atoms with Crippen molar-refractivity contribution in [1.82, 2.24) is 24.8 Å². The summed E-state index contributed by atoms with van der Waals surface area (Å²) in [7, 11) is 0. The lowest BCUT2D eigenvalue weighted by Crippen LogP contribution is -2.50. The third kappa shape index (κ3) is 4.23. The summed E-state index contributed by atoms with van der Waals surface area (Å²) in [5.74, 6) is 0.683. The Hall–Kier alpha value is -3.75. The molecule has 1 fully saturated rings. The molecule has 1 N–H and O–H groups in total. The summed E-state index contributed by atoms with van der Waals surface area (Å²) in [5, 5.41) is 4.41. The molecule has 1 saturated heterocycles. The molecule has 4 aromatic rings. The first-order valence-corrected chi connectivity index (χ1v) is 12.3. The molecule has 9 heteroatoms. The van der Waals surface area contributed by atoms with Gasteiger partial charge in [0.25, 0.3) is 11.5 Å². The van der Waals surface area contributed by atoms with Crippen molar-refractivity contribution < 1.29 is 9.53 Å². The lowest BCUT2D eigenvalue weighted by molar-refractivity contribution is -0.138. The third-order valence-electron chi connectivity index (χ3n) is 6.69. The molecular formula is C27H24ClN5O3. The Bertz CT molecular complexity index is 1530. The maximum absolute atomic E-state index is 13.1. The number of rotatable bonds is 4. The summed E-state index contributed by atoms with van der Waals surface area (Å²) >= 11 is 6.47. The number of fused-ring (bicyclic) bond motifs is 2. The number of amides is 1. The van der Waals surface area contributed by atoms with Gasteiger partial charge in [-0.3, -0.25) is 19.1 Å². The molecule has 8 nitrogen and oxygen atoms in total. The van der Waals surface area contributed by atoms with Gasteiger partial charge in [-0.1, -0.05) is 23.7 Å². The number of pyridine rings is 1. The zero-order chi connectivity index (χ0) is 24.6. The van der Waals surface area contributed by atoms with Gasteiger partial charge in [-0.25, -0.2) is 4.98 Å². The molecule has 2 aliphatic rings. The number of piperazine rings is 1. The molecule has 0 spiro atoms. The van der Waals surface area contributed by atoms with Crippen LogP contribution in [0.5, 0.6) is 5.75 Å². The number of aromatic nitrogens is 3. The van der Waals surface area contributed by atoms with Gasteiger partial charge in [0.1, 0.15) is 5.75 Å². The van der Waals surface area contributed by atoms with Gasteiger partial charge in [0.15, 0.2) is 6.10 Å². The molecule has 1 unspecified atom stereocenters. The zero-order valence-electron chi connectivity index (χ0n) is 19.5. The highest BCUT2D eigenvalue weighted by Crippen LogP contribution is 2.41. The molecule has 1 atom stereocenters. The van der Waals surface area contributed by atoms with Crippen LogP contribution in [0.15, 0.2) is 65.8 Å². The van der Waals surface area contributed by atoms with Gasteiger partial charge in [0.05, 0.1) is 29.5 Å². The maximum Gasteiger partial charge on any atom is 0.264 e. The van der Waals surface area contributed by atoms with Crippen molar-refractivity contribution in [2.75, 3.05) is 26.2 Å². The average Bonchev–Trinajstić information content (AvgIpc) is 3.34. The predicted octanol–water partition coefficient (Wildman–Crippen LogP) is 2.90. The number of halogens is 1. The number of nitrogens with zero attached hydrogens (tertiary/aromatic N) is 4. The summed E-state index contributed by atoms with van der Waals surface area (Å²) in [6.07, 6.45) is 3.18. The lowest BCUT2D eigenvalue weighted by Gasteiger charge is -2.29. The van der Waals surface area contributed by atoms with Crippen LogP contribution in [-0.2, 0) is 17.8 Å². The van der Waals surface area contributed by atoms with Crippen LogP contribution in [0.25, 0.3) is 22.0 Å². The van der Waals surface area contributed by atoms with E-state index >= 15 is 0 Å². The van der Waals surface area contributed by atoms with E-state index in [-0.39, 0.29) is 18.0 Å². The fourth-order valence-electron chi connectivity index (χ4n) is 4.89. The summed E-state index contributed by atoms with van der Waals surface area (Å²) in [4.78, 5) is 36.7. The lowest BCUT2D eigenvalue weighted by atomic mass is 10.0. The first kappa shape index (κ1) is 22.7. The van der Waals surface area contributed by atoms with E-state index in [1.54, 1.807) is 23.2 Å². The molecular weight excluding hydrogens is 478 g/mol. The zero-order valence-corrected chi connectivity index (χ0v) is 20.2. The van der Waals surface area contributed by atoms with Crippen LogP contribution >= 0.6 is 11.6 Å². The quantitative estimate of drug-likeness (QED) is 0.462. The Morgan fingerprint density at radius 1 is 1.11 bits per heavy atom. The van der Waals surface area contributed by atoms with Crippen LogP contribution in [0.4, 0.5) is 0 Å². The summed E-state index contributed by atoms with van der Waals surface area (Å²) in [5.41, 5.74) is 3.83. The van der Waals surface area contributed by atoms with Crippen molar-refractivity contribution in [3.63, 3.8) is 0 Å². The topological polar surface area (TPSA) is 89.3 Å². The number of carbonyl (C=O) groups is 1. The number of carbonyl (C=O) groups excluding carboxylic acids is 1. The molecule has 6 rings (SSSR count). The van der Waals surface area contributed by atoms with Crippen LogP contribution in [0.1, 0.15) is 11.3 Å². The van der Waals surface area contributed by atoms with Crippen molar-refractivity contribution in [3.05, 3.63) is 87.7 Å².